The van der Waals surface area contributed by atoms with Gasteiger partial charge in [-0.25, -0.2) is 4.39 Å². The maximum Gasteiger partial charge on any atom is 0.249 e. The fourth-order valence-corrected chi connectivity index (χ4v) is 3.47. The van der Waals surface area contributed by atoms with E-state index in [4.69, 9.17) is 4.52 Å². The molecule has 1 aliphatic heterocycles. The average molecular weight is 421 g/mol. The predicted molar refractivity (Wildman–Crippen MR) is 106 cm³/mol. The molecule has 1 aromatic carbocycles. The van der Waals surface area contributed by atoms with Crippen molar-refractivity contribution in [2.24, 2.45) is 0 Å². The molecule has 10 heteroatoms. The molecule has 1 atom stereocenters. The summed E-state index contributed by atoms with van der Waals surface area (Å²) in [6.07, 6.45) is 4.74. The van der Waals surface area contributed by atoms with Crippen LogP contribution >= 0.6 is 12.4 Å². The summed E-state index contributed by atoms with van der Waals surface area (Å²) in [4.78, 5) is 17.5. The molecule has 8 nitrogen and oxygen atoms in total. The SMILES string of the molecule is CC(NC(=O)C1(n2cccn2)CCNCC1)c1nc(-c2cccc(F)c2)no1.Cl. The molecule has 0 bridgehead atoms. The maximum absolute atomic E-state index is 13.4. The Labute approximate surface area is 173 Å². The Morgan fingerprint density at radius 1 is 1.34 bits per heavy atom. The van der Waals surface area contributed by atoms with E-state index >= 15 is 0 Å². The van der Waals surface area contributed by atoms with Gasteiger partial charge in [0.1, 0.15) is 17.4 Å². The van der Waals surface area contributed by atoms with Crippen molar-refractivity contribution < 1.29 is 13.7 Å². The molecule has 1 amide bonds. The highest BCUT2D eigenvalue weighted by molar-refractivity contribution is 5.85. The van der Waals surface area contributed by atoms with Gasteiger partial charge in [-0.1, -0.05) is 17.3 Å². The molecular weight excluding hydrogens is 399 g/mol. The molecular formula is C19H22ClFN6O2. The van der Waals surface area contributed by atoms with E-state index in [1.807, 2.05) is 12.3 Å². The second kappa shape index (κ2) is 8.71. The first kappa shape index (κ1) is 20.9. The lowest BCUT2D eigenvalue weighted by atomic mass is 9.87. The Morgan fingerprint density at radius 3 is 2.83 bits per heavy atom. The molecule has 2 N–H and O–H groups in total. The first-order valence-corrected chi connectivity index (χ1v) is 9.20. The van der Waals surface area contributed by atoms with Crippen LogP contribution in [-0.2, 0) is 10.3 Å². The Kier molecular flexibility index (Phi) is 6.29. The molecule has 0 saturated carbocycles. The van der Waals surface area contributed by atoms with Crippen molar-refractivity contribution in [1.29, 1.82) is 0 Å². The normalized spacial score (nSPS) is 16.6. The summed E-state index contributed by atoms with van der Waals surface area (Å²) in [5.41, 5.74) is -0.242. The molecule has 29 heavy (non-hydrogen) atoms. The smallest absolute Gasteiger partial charge is 0.249 e. The molecule has 0 radical (unpaired) electrons. The average Bonchev–Trinajstić information content (AvgIpc) is 3.41. The van der Waals surface area contributed by atoms with Crippen LogP contribution in [0, 0.1) is 5.82 Å². The monoisotopic (exact) mass is 420 g/mol. The van der Waals surface area contributed by atoms with E-state index in [0.29, 0.717) is 18.4 Å². The van der Waals surface area contributed by atoms with E-state index < -0.39 is 11.6 Å². The van der Waals surface area contributed by atoms with Gasteiger partial charge in [-0.3, -0.25) is 9.48 Å². The summed E-state index contributed by atoms with van der Waals surface area (Å²) in [6, 6.07) is 7.27. The van der Waals surface area contributed by atoms with Crippen molar-refractivity contribution in [3.05, 3.63) is 54.4 Å². The second-order valence-corrected chi connectivity index (χ2v) is 6.89. The van der Waals surface area contributed by atoms with Crippen LogP contribution in [0.15, 0.2) is 47.2 Å². The van der Waals surface area contributed by atoms with Crippen LogP contribution in [0.3, 0.4) is 0 Å². The number of carbonyl (C=O) groups excluding carboxylic acids is 1. The Hall–Kier alpha value is -2.78. The van der Waals surface area contributed by atoms with E-state index in [-0.39, 0.29) is 35.8 Å². The van der Waals surface area contributed by atoms with Gasteiger partial charge in [-0.05, 0) is 51.1 Å². The lowest BCUT2D eigenvalue weighted by Crippen LogP contribution is -2.55. The highest BCUT2D eigenvalue weighted by atomic mass is 35.5. The number of nitrogens with zero attached hydrogens (tertiary/aromatic N) is 4. The van der Waals surface area contributed by atoms with Crippen molar-refractivity contribution in [1.82, 2.24) is 30.6 Å². The summed E-state index contributed by atoms with van der Waals surface area (Å²) in [6.45, 7) is 3.23. The van der Waals surface area contributed by atoms with Gasteiger partial charge in [0.15, 0.2) is 0 Å². The van der Waals surface area contributed by atoms with E-state index in [0.717, 1.165) is 13.1 Å². The number of carbonyl (C=O) groups is 1. The van der Waals surface area contributed by atoms with Crippen molar-refractivity contribution in [3.8, 4) is 11.4 Å². The van der Waals surface area contributed by atoms with E-state index in [9.17, 15) is 9.18 Å². The van der Waals surface area contributed by atoms with Gasteiger partial charge in [0.2, 0.25) is 17.6 Å². The van der Waals surface area contributed by atoms with Crippen LogP contribution < -0.4 is 10.6 Å². The number of halogens is 2. The summed E-state index contributed by atoms with van der Waals surface area (Å²) in [5.74, 6) is 0.0180. The summed E-state index contributed by atoms with van der Waals surface area (Å²) < 4.78 is 20.4. The fourth-order valence-electron chi connectivity index (χ4n) is 3.47. The molecule has 0 aliphatic carbocycles. The van der Waals surface area contributed by atoms with E-state index in [2.05, 4.69) is 25.9 Å². The van der Waals surface area contributed by atoms with Gasteiger partial charge in [-0.15, -0.1) is 12.4 Å². The number of amides is 1. The highest BCUT2D eigenvalue weighted by Crippen LogP contribution is 2.28. The van der Waals surface area contributed by atoms with Crippen LogP contribution in [-0.4, -0.2) is 38.9 Å². The van der Waals surface area contributed by atoms with Gasteiger partial charge in [0, 0.05) is 18.0 Å². The summed E-state index contributed by atoms with van der Waals surface area (Å²) in [7, 11) is 0. The molecule has 1 unspecified atom stereocenters. The number of rotatable bonds is 5. The van der Waals surface area contributed by atoms with Crippen molar-refractivity contribution in [2.75, 3.05) is 13.1 Å². The van der Waals surface area contributed by atoms with Crippen molar-refractivity contribution in [3.63, 3.8) is 0 Å². The van der Waals surface area contributed by atoms with Gasteiger partial charge in [0.05, 0.1) is 0 Å². The molecule has 154 valence electrons. The lowest BCUT2D eigenvalue weighted by molar-refractivity contribution is -0.132. The first-order chi connectivity index (χ1) is 13.6. The number of aromatic nitrogens is 4. The summed E-state index contributed by atoms with van der Waals surface area (Å²) >= 11 is 0. The van der Waals surface area contributed by atoms with Crippen LogP contribution in [0.25, 0.3) is 11.4 Å². The third-order valence-corrected chi connectivity index (χ3v) is 5.04. The number of hydrogen-bond donors (Lipinski definition) is 2. The zero-order chi connectivity index (χ0) is 19.6. The van der Waals surface area contributed by atoms with Crippen molar-refractivity contribution >= 4 is 18.3 Å². The van der Waals surface area contributed by atoms with Gasteiger partial charge in [0.25, 0.3) is 0 Å². The summed E-state index contributed by atoms with van der Waals surface area (Å²) in [5, 5.41) is 14.5. The molecule has 1 fully saturated rings. The van der Waals surface area contributed by atoms with Crippen LogP contribution in [0.4, 0.5) is 4.39 Å². The largest absolute Gasteiger partial charge is 0.342 e. The quantitative estimate of drug-likeness (QED) is 0.658. The predicted octanol–water partition coefficient (Wildman–Crippen LogP) is 2.45. The highest BCUT2D eigenvalue weighted by Gasteiger charge is 2.42. The third kappa shape index (κ3) is 4.15. The second-order valence-electron chi connectivity index (χ2n) is 6.89. The molecule has 1 saturated heterocycles. The molecule has 4 rings (SSSR count). The van der Waals surface area contributed by atoms with Gasteiger partial charge in [-0.2, -0.15) is 10.1 Å². The van der Waals surface area contributed by atoms with Crippen LogP contribution in [0.1, 0.15) is 31.7 Å². The van der Waals surface area contributed by atoms with E-state index in [1.165, 1.54) is 12.1 Å². The Bertz CT molecular complexity index is 955. The standard InChI is InChI=1S/C19H21FN6O2.ClH/c1-13(17-24-16(25-28-17)14-4-2-5-15(20)12-14)23-18(27)19(6-9-21-10-7-19)26-11-3-8-22-26;/h2-5,8,11-13,21H,6-7,9-10H2,1H3,(H,23,27);1H. The minimum absolute atomic E-state index is 0. The molecule has 0 spiro atoms. The lowest BCUT2D eigenvalue weighted by Gasteiger charge is -2.36. The third-order valence-electron chi connectivity index (χ3n) is 5.04. The van der Waals surface area contributed by atoms with Gasteiger partial charge < -0.3 is 15.2 Å². The maximum atomic E-state index is 13.4. The zero-order valence-electron chi connectivity index (χ0n) is 15.8. The Morgan fingerprint density at radius 2 is 2.14 bits per heavy atom. The number of hydrogen-bond acceptors (Lipinski definition) is 6. The molecule has 1 aliphatic rings. The first-order valence-electron chi connectivity index (χ1n) is 9.20. The fraction of sp³-hybridized carbons (Fsp3) is 0.368. The molecule has 2 aromatic heterocycles. The number of nitrogens with one attached hydrogen (secondary N) is 2. The minimum Gasteiger partial charge on any atom is -0.342 e. The minimum atomic E-state index is -0.756. The number of piperidine rings is 1. The van der Waals surface area contributed by atoms with Gasteiger partial charge >= 0.3 is 0 Å². The Balaban J connectivity index is 0.00000240. The molecule has 3 aromatic rings. The zero-order valence-corrected chi connectivity index (χ0v) is 16.7. The van der Waals surface area contributed by atoms with Crippen molar-refractivity contribution in [2.45, 2.75) is 31.3 Å². The molecule has 3 heterocycles. The van der Waals surface area contributed by atoms with Crippen LogP contribution in [0.5, 0.6) is 0 Å². The van der Waals surface area contributed by atoms with E-state index in [1.54, 1.807) is 29.9 Å². The topological polar surface area (TPSA) is 97.9 Å². The number of benzene rings is 1. The van der Waals surface area contributed by atoms with Crippen LogP contribution in [0.2, 0.25) is 0 Å².